The van der Waals surface area contributed by atoms with Crippen molar-refractivity contribution in [3.05, 3.63) is 47.4 Å². The van der Waals surface area contributed by atoms with E-state index in [0.29, 0.717) is 5.56 Å². The highest BCUT2D eigenvalue weighted by Gasteiger charge is 2.06. The number of rotatable bonds is 3. The van der Waals surface area contributed by atoms with Gasteiger partial charge in [0.15, 0.2) is 5.50 Å². The van der Waals surface area contributed by atoms with Crippen LogP contribution >= 0.6 is 11.6 Å². The molecule has 0 aliphatic rings. The minimum absolute atomic E-state index is 0.663. The number of nitrogens with zero attached hydrogens (tertiary/aromatic N) is 4. The van der Waals surface area contributed by atoms with Crippen LogP contribution < -0.4 is 0 Å². The minimum atomic E-state index is -0.838. The van der Waals surface area contributed by atoms with Gasteiger partial charge in [-0.1, -0.05) is 23.7 Å². The van der Waals surface area contributed by atoms with Gasteiger partial charge in [0, 0.05) is 0 Å². The first-order valence-corrected chi connectivity index (χ1v) is 4.66. The molecule has 15 heavy (non-hydrogen) atoms. The van der Waals surface area contributed by atoms with E-state index in [-0.39, 0.29) is 0 Å². The number of nitroso groups, excluding NO2 is 1. The summed E-state index contributed by atoms with van der Waals surface area (Å²) in [7, 11) is 0. The number of hydrogen-bond acceptors (Lipinski definition) is 4. The van der Waals surface area contributed by atoms with Gasteiger partial charge in [0.05, 0.1) is 5.69 Å². The molecule has 1 unspecified atom stereocenters. The molecular weight excluding hydrogens is 216 g/mol. The van der Waals surface area contributed by atoms with E-state index in [0.717, 1.165) is 5.69 Å². The zero-order valence-electron chi connectivity index (χ0n) is 7.62. The molecule has 0 radical (unpaired) electrons. The summed E-state index contributed by atoms with van der Waals surface area (Å²) in [5, 5.41) is 6.70. The standard InChI is InChI=1S/C9H7ClN4O/c10-9(13-15)7-1-3-8(4-2-7)14-6-11-5-12-14/h1-6,9H. The third-order valence-electron chi connectivity index (χ3n) is 1.94. The topological polar surface area (TPSA) is 60.1 Å². The molecule has 6 heteroatoms. The Bertz CT molecular complexity index is 440. The first-order valence-electron chi connectivity index (χ1n) is 4.23. The Morgan fingerprint density at radius 1 is 1.33 bits per heavy atom. The zero-order chi connectivity index (χ0) is 10.7. The van der Waals surface area contributed by atoms with Crippen LogP contribution in [0.2, 0.25) is 0 Å². The van der Waals surface area contributed by atoms with Gasteiger partial charge in [0.1, 0.15) is 12.7 Å². The Hall–Kier alpha value is -1.75. The first-order chi connectivity index (χ1) is 7.31. The number of alkyl halides is 1. The smallest absolute Gasteiger partial charge is 0.190 e. The van der Waals surface area contributed by atoms with E-state index in [2.05, 4.69) is 15.3 Å². The number of benzene rings is 1. The number of aromatic nitrogens is 3. The van der Waals surface area contributed by atoms with Gasteiger partial charge in [-0.2, -0.15) is 5.10 Å². The van der Waals surface area contributed by atoms with Gasteiger partial charge in [-0.05, 0) is 22.9 Å². The zero-order valence-corrected chi connectivity index (χ0v) is 8.37. The van der Waals surface area contributed by atoms with E-state index in [4.69, 9.17) is 11.6 Å². The van der Waals surface area contributed by atoms with E-state index in [1.807, 2.05) is 0 Å². The number of hydrogen-bond donors (Lipinski definition) is 0. The molecular formula is C9H7ClN4O. The van der Waals surface area contributed by atoms with E-state index in [9.17, 15) is 4.91 Å². The van der Waals surface area contributed by atoms with Gasteiger partial charge in [0.2, 0.25) is 0 Å². The molecule has 1 aromatic heterocycles. The minimum Gasteiger partial charge on any atom is -0.223 e. The summed E-state index contributed by atoms with van der Waals surface area (Å²) in [5.41, 5.74) is 0.677. The van der Waals surface area contributed by atoms with Gasteiger partial charge in [0.25, 0.3) is 0 Å². The van der Waals surface area contributed by atoms with E-state index in [1.165, 1.54) is 6.33 Å². The summed E-state index contributed by atoms with van der Waals surface area (Å²) < 4.78 is 1.61. The second-order valence-corrected chi connectivity index (χ2v) is 3.29. The Kier molecular flexibility index (Phi) is 2.73. The molecule has 1 atom stereocenters. The maximum Gasteiger partial charge on any atom is 0.190 e. The fourth-order valence-electron chi connectivity index (χ4n) is 1.19. The SMILES string of the molecule is O=NC(Cl)c1ccc(-n2cncn2)cc1. The molecule has 0 aliphatic heterocycles. The van der Waals surface area contributed by atoms with Gasteiger partial charge in [-0.25, -0.2) is 9.67 Å². The highest BCUT2D eigenvalue weighted by atomic mass is 35.5. The molecule has 0 aliphatic carbocycles. The lowest BCUT2D eigenvalue weighted by Crippen LogP contribution is -1.94. The Morgan fingerprint density at radius 2 is 2.07 bits per heavy atom. The molecule has 0 fully saturated rings. The van der Waals surface area contributed by atoms with Crippen molar-refractivity contribution in [3.63, 3.8) is 0 Å². The molecule has 2 aromatic rings. The van der Waals surface area contributed by atoms with Gasteiger partial charge in [-0.15, -0.1) is 4.91 Å². The first kappa shape index (κ1) is 9.79. The molecule has 76 valence electrons. The molecule has 1 aromatic carbocycles. The lowest BCUT2D eigenvalue weighted by molar-refractivity contribution is 0.876. The Labute approximate surface area is 90.7 Å². The monoisotopic (exact) mass is 222 g/mol. The molecule has 5 nitrogen and oxygen atoms in total. The van der Waals surface area contributed by atoms with Crippen molar-refractivity contribution in [1.29, 1.82) is 0 Å². The average Bonchev–Trinajstić information content (AvgIpc) is 2.82. The van der Waals surface area contributed by atoms with Crippen LogP contribution in [0.15, 0.2) is 42.1 Å². The van der Waals surface area contributed by atoms with E-state index < -0.39 is 5.50 Å². The van der Waals surface area contributed by atoms with Crippen molar-refractivity contribution < 1.29 is 0 Å². The summed E-state index contributed by atoms with van der Waals surface area (Å²) in [6.07, 6.45) is 3.04. The lowest BCUT2D eigenvalue weighted by atomic mass is 10.2. The summed E-state index contributed by atoms with van der Waals surface area (Å²) in [4.78, 5) is 14.0. The summed E-state index contributed by atoms with van der Waals surface area (Å²) >= 11 is 5.65. The van der Waals surface area contributed by atoms with Gasteiger partial charge < -0.3 is 0 Å². The van der Waals surface area contributed by atoms with Crippen LogP contribution in [0.1, 0.15) is 11.1 Å². The van der Waals surface area contributed by atoms with Gasteiger partial charge in [-0.3, -0.25) is 0 Å². The maximum atomic E-state index is 10.2. The third-order valence-corrected chi connectivity index (χ3v) is 2.28. The predicted octanol–water partition coefficient (Wildman–Crippen LogP) is 2.27. The molecule has 2 rings (SSSR count). The van der Waals surface area contributed by atoms with Crippen molar-refractivity contribution in [2.24, 2.45) is 5.18 Å². The molecule has 0 saturated heterocycles. The van der Waals surface area contributed by atoms with Crippen molar-refractivity contribution in [2.45, 2.75) is 5.50 Å². The average molecular weight is 223 g/mol. The third kappa shape index (κ3) is 2.02. The Morgan fingerprint density at radius 3 is 2.60 bits per heavy atom. The van der Waals surface area contributed by atoms with Gasteiger partial charge >= 0.3 is 0 Å². The fraction of sp³-hybridized carbons (Fsp3) is 0.111. The molecule has 1 heterocycles. The molecule has 0 spiro atoms. The van der Waals surface area contributed by atoms with Crippen LogP contribution in [0.25, 0.3) is 5.69 Å². The number of halogens is 1. The van der Waals surface area contributed by atoms with Crippen molar-refractivity contribution in [2.75, 3.05) is 0 Å². The van der Waals surface area contributed by atoms with Crippen LogP contribution in [0.5, 0.6) is 0 Å². The maximum absolute atomic E-state index is 10.2. The summed E-state index contributed by atoms with van der Waals surface area (Å²) in [6.45, 7) is 0. The Balaban J connectivity index is 2.28. The predicted molar refractivity (Wildman–Crippen MR) is 55.7 cm³/mol. The van der Waals surface area contributed by atoms with Crippen LogP contribution in [0, 0.1) is 4.91 Å². The van der Waals surface area contributed by atoms with E-state index >= 15 is 0 Å². The molecule has 0 bridgehead atoms. The molecule has 0 saturated carbocycles. The molecule has 0 amide bonds. The van der Waals surface area contributed by atoms with Crippen LogP contribution in [-0.4, -0.2) is 14.8 Å². The van der Waals surface area contributed by atoms with Crippen molar-refractivity contribution in [1.82, 2.24) is 14.8 Å². The van der Waals surface area contributed by atoms with Crippen molar-refractivity contribution in [3.8, 4) is 5.69 Å². The normalized spacial score (nSPS) is 12.3. The largest absolute Gasteiger partial charge is 0.223 e. The second-order valence-electron chi connectivity index (χ2n) is 2.87. The lowest BCUT2D eigenvalue weighted by Gasteiger charge is -2.03. The van der Waals surface area contributed by atoms with Crippen LogP contribution in [0.4, 0.5) is 0 Å². The quantitative estimate of drug-likeness (QED) is 0.455. The fourth-order valence-corrected chi connectivity index (χ4v) is 1.33. The highest BCUT2D eigenvalue weighted by molar-refractivity contribution is 6.20. The highest BCUT2D eigenvalue weighted by Crippen LogP contribution is 2.22. The summed E-state index contributed by atoms with van der Waals surface area (Å²) in [5.74, 6) is 0. The van der Waals surface area contributed by atoms with E-state index in [1.54, 1.807) is 35.3 Å². The van der Waals surface area contributed by atoms with Crippen LogP contribution in [-0.2, 0) is 0 Å². The molecule has 0 N–H and O–H groups in total. The summed E-state index contributed by atoms with van der Waals surface area (Å²) in [6, 6.07) is 7.06. The van der Waals surface area contributed by atoms with Crippen LogP contribution in [0.3, 0.4) is 0 Å². The van der Waals surface area contributed by atoms with Crippen molar-refractivity contribution >= 4 is 11.6 Å². The second kappa shape index (κ2) is 4.18.